The molecule has 1 amide bonds. The largest absolute Gasteiger partial charge is 0.358 e. The van der Waals surface area contributed by atoms with Crippen molar-refractivity contribution in [2.75, 3.05) is 6.54 Å². The van der Waals surface area contributed by atoms with Crippen LogP contribution in [0.25, 0.3) is 38.7 Å². The molecule has 1 aliphatic heterocycles. The topological polar surface area (TPSA) is 92.1 Å². The maximum Gasteiger partial charge on any atom is 0.210 e. The number of rotatable bonds is 4. The van der Waals surface area contributed by atoms with E-state index in [0.717, 1.165) is 63.8 Å². The normalized spacial score (nSPS) is 13.5. The van der Waals surface area contributed by atoms with Crippen LogP contribution in [0.5, 0.6) is 0 Å². The second-order valence-electron chi connectivity index (χ2n) is 8.98. The van der Waals surface area contributed by atoms with Crippen LogP contribution < -0.4 is 0 Å². The van der Waals surface area contributed by atoms with Crippen LogP contribution >= 0.6 is 0 Å². The van der Waals surface area contributed by atoms with Crippen molar-refractivity contribution in [3.63, 3.8) is 0 Å². The van der Waals surface area contributed by atoms with Gasteiger partial charge in [-0.15, -0.1) is 10.2 Å². The number of fused-ring (bicyclic) bond motifs is 5. The van der Waals surface area contributed by atoms with Crippen LogP contribution in [0.1, 0.15) is 22.6 Å². The highest BCUT2D eigenvalue weighted by Crippen LogP contribution is 2.31. The summed E-state index contributed by atoms with van der Waals surface area (Å²) in [5.41, 5.74) is 8.18. The number of pyridine rings is 1. The van der Waals surface area contributed by atoms with Crippen LogP contribution in [0.15, 0.2) is 66.9 Å². The third kappa shape index (κ3) is 3.33. The van der Waals surface area contributed by atoms with Gasteiger partial charge in [-0.25, -0.2) is 0 Å². The highest BCUT2D eigenvalue weighted by Gasteiger charge is 2.20. The second kappa shape index (κ2) is 7.73. The molecular formula is C27H21N7O. The number of H-pyrrole nitrogens is 1. The van der Waals surface area contributed by atoms with E-state index in [2.05, 4.69) is 56.6 Å². The minimum atomic E-state index is 0.619. The molecule has 8 nitrogen and oxygen atoms in total. The molecule has 170 valence electrons. The van der Waals surface area contributed by atoms with E-state index in [1.807, 2.05) is 33.7 Å². The summed E-state index contributed by atoms with van der Waals surface area (Å²) < 4.78 is 1.83. The van der Waals surface area contributed by atoms with E-state index in [0.29, 0.717) is 18.6 Å². The number of hydrogen-bond donors (Lipinski definition) is 1. The molecule has 2 aromatic carbocycles. The Kier molecular flexibility index (Phi) is 4.38. The summed E-state index contributed by atoms with van der Waals surface area (Å²) in [7, 11) is 0. The first-order valence-corrected chi connectivity index (χ1v) is 11.6. The molecule has 4 aromatic heterocycles. The van der Waals surface area contributed by atoms with Gasteiger partial charge in [0.1, 0.15) is 0 Å². The molecule has 0 spiro atoms. The maximum atomic E-state index is 11.3. The minimum Gasteiger partial charge on any atom is -0.358 e. The van der Waals surface area contributed by atoms with Gasteiger partial charge in [-0.1, -0.05) is 18.2 Å². The molecule has 0 aliphatic carbocycles. The number of aromatic amines is 1. The first kappa shape index (κ1) is 19.8. The number of carbonyl (C=O) groups is 1. The Labute approximate surface area is 200 Å². The number of aromatic nitrogens is 6. The summed E-state index contributed by atoms with van der Waals surface area (Å²) in [5, 5.41) is 15.9. The number of amides is 1. The summed E-state index contributed by atoms with van der Waals surface area (Å²) in [6.45, 7) is 1.38. The molecule has 8 heteroatoms. The summed E-state index contributed by atoms with van der Waals surface area (Å²) >= 11 is 0. The van der Waals surface area contributed by atoms with Crippen LogP contribution in [0, 0.1) is 0 Å². The molecule has 0 radical (unpaired) electrons. The van der Waals surface area contributed by atoms with Gasteiger partial charge in [-0.05, 0) is 48.0 Å². The molecule has 1 aliphatic rings. The zero-order chi connectivity index (χ0) is 23.4. The van der Waals surface area contributed by atoms with Gasteiger partial charge >= 0.3 is 0 Å². The lowest BCUT2D eigenvalue weighted by molar-refractivity contribution is -0.118. The van der Waals surface area contributed by atoms with Crippen molar-refractivity contribution >= 4 is 33.9 Å². The van der Waals surface area contributed by atoms with Gasteiger partial charge in [-0.2, -0.15) is 9.61 Å². The molecule has 5 heterocycles. The Morgan fingerprint density at radius 1 is 1.03 bits per heavy atom. The lowest BCUT2D eigenvalue weighted by atomic mass is 10.0. The number of hydrogen-bond acceptors (Lipinski definition) is 5. The average molecular weight is 460 g/mol. The van der Waals surface area contributed by atoms with Crippen LogP contribution in [0.2, 0.25) is 0 Å². The third-order valence-corrected chi connectivity index (χ3v) is 6.81. The Hall–Kier alpha value is -4.59. The third-order valence-electron chi connectivity index (χ3n) is 6.81. The standard InChI is InChI=1S/C27H21N7O/c35-16-33-11-9-25-21(15-33)20-14-19(4-6-24(20)29-25)23-7-8-26-30-31-27(34(26)32-23)13-17-3-5-22-18(12-17)2-1-10-28-22/h1-8,10,12,14,16,29H,9,11,13,15H2. The van der Waals surface area contributed by atoms with Crippen molar-refractivity contribution in [1.82, 2.24) is 34.7 Å². The molecule has 35 heavy (non-hydrogen) atoms. The minimum absolute atomic E-state index is 0.619. The van der Waals surface area contributed by atoms with Gasteiger partial charge in [0, 0.05) is 65.2 Å². The van der Waals surface area contributed by atoms with Gasteiger partial charge in [0.2, 0.25) is 6.41 Å². The van der Waals surface area contributed by atoms with Gasteiger partial charge in [0.05, 0.1) is 11.2 Å². The second-order valence-corrected chi connectivity index (χ2v) is 8.98. The molecule has 1 N–H and O–H groups in total. The van der Waals surface area contributed by atoms with Crippen molar-refractivity contribution in [2.24, 2.45) is 0 Å². The van der Waals surface area contributed by atoms with Crippen LogP contribution in [-0.4, -0.2) is 47.6 Å². The van der Waals surface area contributed by atoms with Crippen molar-refractivity contribution in [2.45, 2.75) is 19.4 Å². The van der Waals surface area contributed by atoms with Crippen molar-refractivity contribution in [3.8, 4) is 11.3 Å². The molecular weight excluding hydrogens is 438 g/mol. The van der Waals surface area contributed by atoms with E-state index in [4.69, 9.17) is 5.10 Å². The zero-order valence-corrected chi connectivity index (χ0v) is 18.8. The summed E-state index contributed by atoms with van der Waals surface area (Å²) in [4.78, 5) is 21.1. The van der Waals surface area contributed by atoms with E-state index < -0.39 is 0 Å². The van der Waals surface area contributed by atoms with Crippen molar-refractivity contribution < 1.29 is 4.79 Å². The Morgan fingerprint density at radius 2 is 2.00 bits per heavy atom. The molecule has 0 saturated heterocycles. The maximum absolute atomic E-state index is 11.3. The summed E-state index contributed by atoms with van der Waals surface area (Å²) in [5.74, 6) is 0.784. The fraction of sp³-hybridized carbons (Fsp3) is 0.148. The van der Waals surface area contributed by atoms with E-state index in [1.165, 1.54) is 11.3 Å². The fourth-order valence-electron chi connectivity index (χ4n) is 5.00. The fourth-order valence-corrected chi connectivity index (χ4v) is 5.00. The first-order chi connectivity index (χ1) is 17.2. The average Bonchev–Trinajstić information content (AvgIpc) is 3.48. The highest BCUT2D eigenvalue weighted by molar-refractivity contribution is 5.89. The lowest BCUT2D eigenvalue weighted by Gasteiger charge is -2.22. The summed E-state index contributed by atoms with van der Waals surface area (Å²) in [6.07, 6.45) is 4.20. The lowest BCUT2D eigenvalue weighted by Crippen LogP contribution is -2.28. The molecule has 6 aromatic rings. The number of nitrogens with one attached hydrogen (secondary N) is 1. The summed E-state index contributed by atoms with van der Waals surface area (Å²) in [6, 6.07) is 20.5. The van der Waals surface area contributed by atoms with Gasteiger partial charge in [0.15, 0.2) is 11.5 Å². The number of nitrogens with zero attached hydrogens (tertiary/aromatic N) is 6. The van der Waals surface area contributed by atoms with Crippen molar-refractivity contribution in [1.29, 1.82) is 0 Å². The number of benzene rings is 2. The smallest absolute Gasteiger partial charge is 0.210 e. The molecule has 7 rings (SSSR count). The zero-order valence-electron chi connectivity index (χ0n) is 18.8. The van der Waals surface area contributed by atoms with Crippen LogP contribution in [-0.2, 0) is 24.2 Å². The molecule has 0 unspecified atom stereocenters. The predicted molar refractivity (Wildman–Crippen MR) is 133 cm³/mol. The Balaban J connectivity index is 1.27. The monoisotopic (exact) mass is 459 g/mol. The van der Waals surface area contributed by atoms with E-state index in [1.54, 1.807) is 6.20 Å². The Morgan fingerprint density at radius 3 is 2.94 bits per heavy atom. The van der Waals surface area contributed by atoms with Crippen molar-refractivity contribution in [3.05, 3.63) is 89.5 Å². The van der Waals surface area contributed by atoms with Gasteiger partial charge < -0.3 is 9.88 Å². The van der Waals surface area contributed by atoms with Gasteiger partial charge in [0.25, 0.3) is 0 Å². The predicted octanol–water partition coefficient (Wildman–Crippen LogP) is 3.93. The molecule has 0 saturated carbocycles. The highest BCUT2D eigenvalue weighted by atomic mass is 16.1. The molecule has 0 bridgehead atoms. The molecule has 0 fully saturated rings. The Bertz CT molecular complexity index is 1750. The number of carbonyl (C=O) groups excluding carboxylic acids is 1. The van der Waals surface area contributed by atoms with Crippen LogP contribution in [0.4, 0.5) is 0 Å². The van der Waals surface area contributed by atoms with E-state index >= 15 is 0 Å². The van der Waals surface area contributed by atoms with E-state index in [9.17, 15) is 4.79 Å². The van der Waals surface area contributed by atoms with Gasteiger partial charge in [-0.3, -0.25) is 9.78 Å². The first-order valence-electron chi connectivity index (χ1n) is 11.6. The molecule has 0 atom stereocenters. The van der Waals surface area contributed by atoms with E-state index in [-0.39, 0.29) is 0 Å². The SMILES string of the molecule is O=CN1CCc2[nH]c3ccc(-c4ccc5nnc(Cc6ccc7ncccc7c6)n5n4)cc3c2C1. The quantitative estimate of drug-likeness (QED) is 0.404. The van der Waals surface area contributed by atoms with Crippen LogP contribution in [0.3, 0.4) is 0 Å².